The Morgan fingerprint density at radius 1 is 1.06 bits per heavy atom. The van der Waals surface area contributed by atoms with Crippen LogP contribution in [-0.2, 0) is 29.1 Å². The molecule has 9 heteroatoms. The van der Waals surface area contributed by atoms with Crippen molar-refractivity contribution >= 4 is 22.9 Å². The molecule has 6 nitrogen and oxygen atoms in total. The highest BCUT2D eigenvalue weighted by Crippen LogP contribution is 2.34. The minimum absolute atomic E-state index is 0.00731. The Morgan fingerprint density at radius 3 is 2.57 bits per heavy atom. The number of aliphatic carboxylic acids is 1. The average Bonchev–Trinajstić information content (AvgIpc) is 3.17. The highest BCUT2D eigenvalue weighted by atomic mass is 19.2. The first-order chi connectivity index (χ1) is 16.8. The third-order valence-corrected chi connectivity index (χ3v) is 7.47. The van der Waals surface area contributed by atoms with Gasteiger partial charge in [-0.2, -0.15) is 0 Å². The average molecular weight is 486 g/mol. The molecule has 1 fully saturated rings. The van der Waals surface area contributed by atoms with Crippen LogP contribution in [0.2, 0.25) is 0 Å². The molecule has 0 radical (unpaired) electrons. The van der Waals surface area contributed by atoms with E-state index in [9.17, 15) is 27.9 Å². The topological polar surface area (TPSA) is 75.4 Å². The van der Waals surface area contributed by atoms with Crippen LogP contribution in [0.1, 0.15) is 48.9 Å². The molecule has 0 unspecified atom stereocenters. The largest absolute Gasteiger partial charge is 0.481 e. The summed E-state index contributed by atoms with van der Waals surface area (Å²) in [6, 6.07) is 5.89. The summed E-state index contributed by atoms with van der Waals surface area (Å²) >= 11 is 0. The summed E-state index contributed by atoms with van der Waals surface area (Å²) in [5.74, 6) is -4.87. The van der Waals surface area contributed by atoms with Gasteiger partial charge in [0.25, 0.3) is 0 Å². The van der Waals surface area contributed by atoms with Gasteiger partial charge in [0, 0.05) is 35.8 Å². The van der Waals surface area contributed by atoms with Crippen LogP contribution in [0.5, 0.6) is 0 Å². The Balaban J connectivity index is 1.39. The monoisotopic (exact) mass is 485 g/mol. The van der Waals surface area contributed by atoms with Crippen LogP contribution in [0.4, 0.5) is 13.2 Å². The summed E-state index contributed by atoms with van der Waals surface area (Å²) in [4.78, 5) is 30.6. The summed E-state index contributed by atoms with van der Waals surface area (Å²) in [5.41, 5.74) is 2.47. The maximum Gasteiger partial charge on any atom is 0.306 e. The number of benzene rings is 1. The number of pyridine rings is 1. The lowest BCUT2D eigenvalue weighted by Gasteiger charge is -2.31. The van der Waals surface area contributed by atoms with Crippen molar-refractivity contribution in [2.24, 2.45) is 11.8 Å². The number of carboxylic acid groups (broad SMARTS) is 1. The fourth-order valence-corrected chi connectivity index (χ4v) is 5.49. The van der Waals surface area contributed by atoms with E-state index in [1.807, 2.05) is 12.1 Å². The highest BCUT2D eigenvalue weighted by Gasteiger charge is 2.31. The number of halogens is 3. The zero-order chi connectivity index (χ0) is 24.7. The van der Waals surface area contributed by atoms with Gasteiger partial charge in [-0.3, -0.25) is 9.59 Å². The van der Waals surface area contributed by atoms with Gasteiger partial charge in [-0.15, -0.1) is 0 Å². The molecule has 1 N–H and O–H groups in total. The van der Waals surface area contributed by atoms with Crippen LogP contribution in [0.3, 0.4) is 0 Å². The van der Waals surface area contributed by atoms with Crippen molar-refractivity contribution in [3.63, 3.8) is 0 Å². The molecule has 2 aliphatic rings. The van der Waals surface area contributed by atoms with E-state index in [-0.39, 0.29) is 29.9 Å². The number of carbonyl (C=O) groups excluding carboxylic acids is 1. The molecule has 0 spiro atoms. The standard InChI is InChI=1S/C26H26F3N3O3/c27-20-8-7-17(23(28)24(20)29)13-32-21-14-31(11-9-18(21)19-2-1-10-30-25(19)32)22(33)12-15-3-5-16(6-4-15)26(34)35/h1-2,7-8,10,15-16H,3-6,9,11-14H2,(H,34,35)/t15-,16+. The molecule has 5 rings (SSSR count). The van der Waals surface area contributed by atoms with Crippen LogP contribution in [-0.4, -0.2) is 38.0 Å². The summed E-state index contributed by atoms with van der Waals surface area (Å²) in [7, 11) is 0. The number of aromatic nitrogens is 2. The quantitative estimate of drug-likeness (QED) is 0.533. The number of fused-ring (bicyclic) bond motifs is 3. The molecule has 1 aliphatic heterocycles. The molecule has 0 atom stereocenters. The second kappa shape index (κ2) is 9.36. The molecule has 1 amide bonds. The first kappa shape index (κ1) is 23.4. The van der Waals surface area contributed by atoms with Gasteiger partial charge >= 0.3 is 5.97 Å². The number of hydrogen-bond acceptors (Lipinski definition) is 3. The first-order valence-corrected chi connectivity index (χ1v) is 11.9. The van der Waals surface area contributed by atoms with E-state index in [0.29, 0.717) is 44.4 Å². The van der Waals surface area contributed by atoms with Gasteiger partial charge < -0.3 is 14.6 Å². The van der Waals surface area contributed by atoms with Gasteiger partial charge in [0.1, 0.15) is 5.65 Å². The summed E-state index contributed by atoms with van der Waals surface area (Å²) in [5, 5.41) is 10.1. The number of carboxylic acids is 1. The normalized spacial score (nSPS) is 20.1. The first-order valence-electron chi connectivity index (χ1n) is 11.9. The maximum atomic E-state index is 14.5. The van der Waals surface area contributed by atoms with Crippen LogP contribution < -0.4 is 0 Å². The molecule has 1 saturated carbocycles. The molecule has 1 aromatic carbocycles. The van der Waals surface area contributed by atoms with E-state index >= 15 is 0 Å². The number of hydrogen-bond donors (Lipinski definition) is 1. The molecular formula is C26H26F3N3O3. The number of amides is 1. The Kier molecular flexibility index (Phi) is 6.25. The molecule has 184 valence electrons. The van der Waals surface area contributed by atoms with E-state index < -0.39 is 23.4 Å². The predicted octanol–water partition coefficient (Wildman–Crippen LogP) is 4.67. The lowest BCUT2D eigenvalue weighted by Crippen LogP contribution is -2.38. The van der Waals surface area contributed by atoms with Crippen molar-refractivity contribution in [1.29, 1.82) is 0 Å². The van der Waals surface area contributed by atoms with Gasteiger partial charge in [0.15, 0.2) is 17.5 Å². The molecule has 1 aliphatic carbocycles. The molecule has 3 aromatic rings. The van der Waals surface area contributed by atoms with Gasteiger partial charge in [0.05, 0.1) is 19.0 Å². The number of rotatable bonds is 5. The zero-order valence-corrected chi connectivity index (χ0v) is 19.1. The van der Waals surface area contributed by atoms with Gasteiger partial charge in [-0.05, 0) is 61.8 Å². The number of nitrogens with zero attached hydrogens (tertiary/aromatic N) is 3. The lowest BCUT2D eigenvalue weighted by molar-refractivity contribution is -0.143. The fraction of sp³-hybridized carbons (Fsp3) is 0.423. The van der Waals surface area contributed by atoms with Crippen LogP contribution in [0.15, 0.2) is 30.5 Å². The Bertz CT molecular complexity index is 1300. The fourth-order valence-electron chi connectivity index (χ4n) is 5.49. The lowest BCUT2D eigenvalue weighted by atomic mass is 9.80. The Hall–Kier alpha value is -3.36. The molecule has 3 heterocycles. The predicted molar refractivity (Wildman–Crippen MR) is 122 cm³/mol. The maximum absolute atomic E-state index is 14.5. The molecular weight excluding hydrogens is 459 g/mol. The SMILES string of the molecule is O=C(C[C@H]1CC[C@@H](C(=O)O)CC1)N1CCc2c(n(Cc3ccc(F)c(F)c3F)c3ncccc23)C1. The summed E-state index contributed by atoms with van der Waals surface area (Å²) in [6.45, 7) is 0.831. The van der Waals surface area contributed by atoms with Crippen molar-refractivity contribution in [3.05, 3.63) is 64.7 Å². The van der Waals surface area contributed by atoms with Crippen LogP contribution in [0, 0.1) is 29.3 Å². The van der Waals surface area contributed by atoms with Gasteiger partial charge in [0.2, 0.25) is 5.91 Å². The van der Waals surface area contributed by atoms with Gasteiger partial charge in [-0.25, -0.2) is 18.2 Å². The van der Waals surface area contributed by atoms with Gasteiger partial charge in [-0.1, -0.05) is 6.07 Å². The Labute approximate surface area is 200 Å². The van der Waals surface area contributed by atoms with E-state index in [0.717, 1.165) is 35.6 Å². The van der Waals surface area contributed by atoms with Crippen molar-refractivity contribution in [3.8, 4) is 0 Å². The molecule has 35 heavy (non-hydrogen) atoms. The molecule has 0 bridgehead atoms. The van der Waals surface area contributed by atoms with Crippen LogP contribution >= 0.6 is 0 Å². The van der Waals surface area contributed by atoms with E-state index in [4.69, 9.17) is 0 Å². The zero-order valence-electron chi connectivity index (χ0n) is 19.1. The molecule has 2 aromatic heterocycles. The number of carbonyl (C=O) groups is 2. The second-order valence-corrected chi connectivity index (χ2v) is 9.55. The third kappa shape index (κ3) is 4.39. The Morgan fingerprint density at radius 2 is 1.83 bits per heavy atom. The second-order valence-electron chi connectivity index (χ2n) is 9.55. The van der Waals surface area contributed by atoms with Crippen molar-refractivity contribution in [2.75, 3.05) is 6.54 Å². The van der Waals surface area contributed by atoms with Crippen molar-refractivity contribution in [2.45, 2.75) is 51.6 Å². The van der Waals surface area contributed by atoms with Crippen molar-refractivity contribution < 1.29 is 27.9 Å². The van der Waals surface area contributed by atoms with E-state index in [1.54, 1.807) is 15.7 Å². The minimum Gasteiger partial charge on any atom is -0.481 e. The minimum atomic E-state index is -1.50. The summed E-state index contributed by atoms with van der Waals surface area (Å²) in [6.07, 6.45) is 5.25. The third-order valence-electron chi connectivity index (χ3n) is 7.47. The smallest absolute Gasteiger partial charge is 0.306 e. The van der Waals surface area contributed by atoms with Crippen LogP contribution in [0.25, 0.3) is 11.0 Å². The highest BCUT2D eigenvalue weighted by molar-refractivity contribution is 5.84. The molecule has 0 saturated heterocycles. The van der Waals surface area contributed by atoms with E-state index in [2.05, 4.69) is 4.98 Å². The van der Waals surface area contributed by atoms with Crippen molar-refractivity contribution in [1.82, 2.24) is 14.5 Å². The van der Waals surface area contributed by atoms with E-state index in [1.165, 1.54) is 6.07 Å². The summed E-state index contributed by atoms with van der Waals surface area (Å²) < 4.78 is 43.6.